The number of fused-ring (bicyclic) bond motifs is 2. The Labute approximate surface area is 175 Å². The summed E-state index contributed by atoms with van der Waals surface area (Å²) in [4.78, 5) is 4.86. The Kier molecular flexibility index (Phi) is 4.81. The third kappa shape index (κ3) is 3.37. The van der Waals surface area contributed by atoms with Crippen LogP contribution in [0.4, 0.5) is 0 Å². The van der Waals surface area contributed by atoms with Gasteiger partial charge in [0.1, 0.15) is 12.4 Å². The number of imidazole rings is 1. The zero-order chi connectivity index (χ0) is 20.3. The molecule has 0 unspecified atom stereocenters. The molecule has 0 amide bonds. The molecule has 0 aliphatic carbocycles. The number of hydrogen-bond donors (Lipinski definition) is 0. The van der Waals surface area contributed by atoms with E-state index in [4.69, 9.17) is 14.5 Å². The molecule has 4 aromatic carbocycles. The monoisotopic (exact) mass is 394 g/mol. The van der Waals surface area contributed by atoms with Crippen LogP contribution >= 0.6 is 0 Å². The van der Waals surface area contributed by atoms with E-state index in [0.717, 1.165) is 23.4 Å². The normalized spacial score (nSPS) is 11.1. The second kappa shape index (κ2) is 7.91. The Morgan fingerprint density at radius 3 is 2.40 bits per heavy atom. The first kappa shape index (κ1) is 18.3. The molecule has 0 saturated heterocycles. The van der Waals surface area contributed by atoms with Gasteiger partial charge in [-0.05, 0) is 40.6 Å². The van der Waals surface area contributed by atoms with Gasteiger partial charge in [-0.1, -0.05) is 66.7 Å². The van der Waals surface area contributed by atoms with E-state index in [9.17, 15) is 0 Å². The van der Waals surface area contributed by atoms with Crippen LogP contribution in [-0.2, 0) is 13.2 Å². The quantitative estimate of drug-likeness (QED) is 0.364. The van der Waals surface area contributed by atoms with Crippen LogP contribution in [0.1, 0.15) is 11.4 Å². The molecule has 5 aromatic rings. The van der Waals surface area contributed by atoms with Gasteiger partial charge in [0.15, 0.2) is 11.5 Å². The molecule has 0 atom stereocenters. The summed E-state index contributed by atoms with van der Waals surface area (Å²) in [6.45, 7) is 1.09. The number of ether oxygens (including phenoxy) is 2. The highest BCUT2D eigenvalue weighted by molar-refractivity contribution is 5.86. The van der Waals surface area contributed by atoms with Crippen LogP contribution in [0.15, 0.2) is 91.0 Å². The fourth-order valence-electron chi connectivity index (χ4n) is 3.89. The number of aromatic nitrogens is 2. The summed E-state index contributed by atoms with van der Waals surface area (Å²) in [6.07, 6.45) is 0. The summed E-state index contributed by atoms with van der Waals surface area (Å²) < 4.78 is 13.8. The van der Waals surface area contributed by atoms with Crippen molar-refractivity contribution in [3.63, 3.8) is 0 Å². The zero-order valence-corrected chi connectivity index (χ0v) is 16.8. The molecule has 1 aromatic heterocycles. The lowest BCUT2D eigenvalue weighted by Crippen LogP contribution is -2.09. The minimum absolute atomic E-state index is 0.361. The Balaban J connectivity index is 1.54. The van der Waals surface area contributed by atoms with E-state index in [2.05, 4.69) is 59.2 Å². The van der Waals surface area contributed by atoms with E-state index in [0.29, 0.717) is 18.1 Å². The van der Waals surface area contributed by atoms with Gasteiger partial charge >= 0.3 is 0 Å². The predicted molar refractivity (Wildman–Crippen MR) is 120 cm³/mol. The number of hydrogen-bond acceptors (Lipinski definition) is 3. The molecule has 30 heavy (non-hydrogen) atoms. The lowest BCUT2D eigenvalue weighted by molar-refractivity contribution is 0.273. The summed E-state index contributed by atoms with van der Waals surface area (Å²) in [5, 5.41) is 2.50. The van der Waals surface area contributed by atoms with Crippen molar-refractivity contribution >= 4 is 21.8 Å². The lowest BCUT2D eigenvalue weighted by Gasteiger charge is -2.13. The predicted octanol–water partition coefficient (Wildman–Crippen LogP) is 5.83. The SMILES string of the molecule is COc1ccccc1OCc1nc2ccccc2n1Cc1cccc2ccccc12. The second-order valence-corrected chi connectivity index (χ2v) is 7.18. The highest BCUT2D eigenvalue weighted by atomic mass is 16.5. The van der Waals surface area contributed by atoms with Crippen LogP contribution in [-0.4, -0.2) is 16.7 Å². The van der Waals surface area contributed by atoms with Crippen molar-refractivity contribution in [1.29, 1.82) is 0 Å². The Morgan fingerprint density at radius 1 is 0.767 bits per heavy atom. The van der Waals surface area contributed by atoms with Crippen LogP contribution in [0.2, 0.25) is 0 Å². The minimum atomic E-state index is 0.361. The number of methoxy groups -OCH3 is 1. The van der Waals surface area contributed by atoms with Gasteiger partial charge in [-0.3, -0.25) is 0 Å². The highest BCUT2D eigenvalue weighted by Gasteiger charge is 2.14. The summed E-state index contributed by atoms with van der Waals surface area (Å²) in [5.41, 5.74) is 3.33. The zero-order valence-electron chi connectivity index (χ0n) is 16.8. The smallest absolute Gasteiger partial charge is 0.161 e. The first-order valence-corrected chi connectivity index (χ1v) is 10.00. The molecular formula is C26H22N2O2. The number of para-hydroxylation sites is 4. The Morgan fingerprint density at radius 2 is 1.50 bits per heavy atom. The summed E-state index contributed by atoms with van der Waals surface area (Å²) in [7, 11) is 1.65. The molecule has 1 heterocycles. The standard InChI is InChI=1S/C26H22N2O2/c1-29-24-15-6-7-16-25(24)30-18-26-27-22-13-4-5-14-23(22)28(26)17-20-11-8-10-19-9-2-3-12-21(19)20/h2-16H,17-18H2,1H3. The average Bonchev–Trinajstić information content (AvgIpc) is 3.15. The topological polar surface area (TPSA) is 36.3 Å². The van der Waals surface area contributed by atoms with Gasteiger partial charge in [0.05, 0.1) is 24.7 Å². The summed E-state index contributed by atoms with van der Waals surface area (Å²) >= 11 is 0. The maximum absolute atomic E-state index is 6.10. The summed E-state index contributed by atoms with van der Waals surface area (Å²) in [5.74, 6) is 2.31. The summed E-state index contributed by atoms with van der Waals surface area (Å²) in [6, 6.07) is 30.8. The molecule has 0 spiro atoms. The Hall–Kier alpha value is -3.79. The van der Waals surface area contributed by atoms with Crippen molar-refractivity contribution in [2.45, 2.75) is 13.2 Å². The molecular weight excluding hydrogens is 372 g/mol. The maximum Gasteiger partial charge on any atom is 0.161 e. The van der Waals surface area contributed by atoms with Gasteiger partial charge in [-0.15, -0.1) is 0 Å². The van der Waals surface area contributed by atoms with Crippen molar-refractivity contribution in [2.24, 2.45) is 0 Å². The molecule has 0 aliphatic rings. The minimum Gasteiger partial charge on any atom is -0.493 e. The molecule has 0 bridgehead atoms. The lowest BCUT2D eigenvalue weighted by atomic mass is 10.0. The molecule has 0 saturated carbocycles. The fraction of sp³-hybridized carbons (Fsp3) is 0.115. The third-order valence-corrected chi connectivity index (χ3v) is 5.37. The van der Waals surface area contributed by atoms with E-state index in [-0.39, 0.29) is 0 Å². The van der Waals surface area contributed by atoms with E-state index in [1.54, 1.807) is 7.11 Å². The molecule has 5 rings (SSSR count). The third-order valence-electron chi connectivity index (χ3n) is 5.37. The molecule has 4 heteroatoms. The molecule has 0 fully saturated rings. The highest BCUT2D eigenvalue weighted by Crippen LogP contribution is 2.28. The van der Waals surface area contributed by atoms with Gasteiger partial charge < -0.3 is 14.0 Å². The van der Waals surface area contributed by atoms with Gasteiger partial charge in [0.2, 0.25) is 0 Å². The van der Waals surface area contributed by atoms with Crippen molar-refractivity contribution in [3.05, 3.63) is 102 Å². The van der Waals surface area contributed by atoms with Gasteiger partial charge in [-0.2, -0.15) is 0 Å². The van der Waals surface area contributed by atoms with Crippen LogP contribution < -0.4 is 9.47 Å². The number of benzene rings is 4. The van der Waals surface area contributed by atoms with E-state index in [1.807, 2.05) is 36.4 Å². The maximum atomic E-state index is 6.10. The van der Waals surface area contributed by atoms with E-state index >= 15 is 0 Å². The number of rotatable bonds is 6. The van der Waals surface area contributed by atoms with Crippen molar-refractivity contribution in [1.82, 2.24) is 9.55 Å². The molecule has 4 nitrogen and oxygen atoms in total. The van der Waals surface area contributed by atoms with E-state index < -0.39 is 0 Å². The van der Waals surface area contributed by atoms with Crippen molar-refractivity contribution < 1.29 is 9.47 Å². The molecule has 0 radical (unpaired) electrons. The largest absolute Gasteiger partial charge is 0.493 e. The average molecular weight is 394 g/mol. The fourth-order valence-corrected chi connectivity index (χ4v) is 3.89. The Bertz CT molecular complexity index is 1320. The molecule has 0 N–H and O–H groups in total. The first-order chi connectivity index (χ1) is 14.8. The van der Waals surface area contributed by atoms with Gasteiger partial charge in [0.25, 0.3) is 0 Å². The molecule has 148 valence electrons. The van der Waals surface area contributed by atoms with Crippen LogP contribution in [0, 0.1) is 0 Å². The first-order valence-electron chi connectivity index (χ1n) is 10.00. The van der Waals surface area contributed by atoms with E-state index in [1.165, 1.54) is 16.3 Å². The van der Waals surface area contributed by atoms with Crippen molar-refractivity contribution in [3.8, 4) is 11.5 Å². The molecule has 0 aliphatic heterocycles. The number of nitrogens with zero attached hydrogens (tertiary/aromatic N) is 2. The van der Waals surface area contributed by atoms with Crippen molar-refractivity contribution in [2.75, 3.05) is 7.11 Å². The van der Waals surface area contributed by atoms with Gasteiger partial charge in [-0.25, -0.2) is 4.98 Å². The second-order valence-electron chi connectivity index (χ2n) is 7.18. The van der Waals surface area contributed by atoms with Gasteiger partial charge in [0, 0.05) is 0 Å². The van der Waals surface area contributed by atoms with Crippen LogP contribution in [0.5, 0.6) is 11.5 Å². The van der Waals surface area contributed by atoms with Crippen LogP contribution in [0.25, 0.3) is 21.8 Å². The van der Waals surface area contributed by atoms with Crippen LogP contribution in [0.3, 0.4) is 0 Å².